The summed E-state index contributed by atoms with van der Waals surface area (Å²) in [5, 5.41) is 17.9. The number of hydrogen-bond acceptors (Lipinski definition) is 6. The molecule has 7 nitrogen and oxygen atoms in total. The van der Waals surface area contributed by atoms with Gasteiger partial charge >= 0.3 is 0 Å². The van der Waals surface area contributed by atoms with E-state index in [9.17, 15) is 4.39 Å². The van der Waals surface area contributed by atoms with E-state index in [1.807, 2.05) is 25.4 Å². The molecule has 1 fully saturated rings. The summed E-state index contributed by atoms with van der Waals surface area (Å²) in [7, 11) is 1.88. The maximum atomic E-state index is 13.6. The van der Waals surface area contributed by atoms with Crippen LogP contribution in [0, 0.1) is 5.82 Å². The fourth-order valence-electron chi connectivity index (χ4n) is 3.81. The molecule has 0 radical (unpaired) electrons. The summed E-state index contributed by atoms with van der Waals surface area (Å²) in [5.74, 6) is 0.849. The molecule has 0 unspecified atom stereocenters. The molecule has 1 aliphatic rings. The molecule has 0 atom stereocenters. The quantitative estimate of drug-likeness (QED) is 0.543. The summed E-state index contributed by atoms with van der Waals surface area (Å²) in [6, 6.07) is 8.51. The van der Waals surface area contributed by atoms with Crippen LogP contribution < -0.4 is 4.90 Å². The van der Waals surface area contributed by atoms with Gasteiger partial charge in [-0.2, -0.15) is 5.10 Å². The molecule has 0 saturated carbocycles. The van der Waals surface area contributed by atoms with Crippen LogP contribution in [-0.2, 0) is 7.05 Å². The molecule has 28 heavy (non-hydrogen) atoms. The van der Waals surface area contributed by atoms with Crippen molar-refractivity contribution < 1.29 is 8.91 Å². The third-order valence-corrected chi connectivity index (χ3v) is 5.32. The first-order valence-corrected chi connectivity index (χ1v) is 9.30. The lowest BCUT2D eigenvalue weighted by atomic mass is 9.91. The molecule has 4 aromatic rings. The van der Waals surface area contributed by atoms with E-state index in [1.54, 1.807) is 16.9 Å². The minimum atomic E-state index is -0.265. The zero-order chi connectivity index (χ0) is 19.1. The highest BCUT2D eigenvalue weighted by Crippen LogP contribution is 2.34. The van der Waals surface area contributed by atoms with Gasteiger partial charge in [0.05, 0.1) is 17.6 Å². The second kappa shape index (κ2) is 6.70. The molecule has 1 saturated heterocycles. The maximum absolute atomic E-state index is 13.6. The Morgan fingerprint density at radius 2 is 1.96 bits per heavy atom. The first-order chi connectivity index (χ1) is 13.7. The van der Waals surface area contributed by atoms with Gasteiger partial charge in [-0.1, -0.05) is 5.16 Å². The second-order valence-electron chi connectivity index (χ2n) is 7.15. The SMILES string of the molecule is Cn1cc(-c2ccc(N3CCC(c4noc5ccc(F)cc45)CC3)nn2)cn1. The number of aryl methyl sites for hydroxylation is 1. The fraction of sp³-hybridized carbons (Fsp3) is 0.300. The minimum Gasteiger partial charge on any atom is -0.356 e. The Hall–Kier alpha value is -3.29. The number of anilines is 1. The predicted octanol–water partition coefficient (Wildman–Crippen LogP) is 3.54. The molecular weight excluding hydrogens is 359 g/mol. The van der Waals surface area contributed by atoms with Gasteiger partial charge in [0, 0.05) is 43.2 Å². The Bertz CT molecular complexity index is 1110. The third-order valence-electron chi connectivity index (χ3n) is 5.32. The molecule has 8 heteroatoms. The van der Waals surface area contributed by atoms with E-state index in [0.29, 0.717) is 5.58 Å². The van der Waals surface area contributed by atoms with Gasteiger partial charge in [0.1, 0.15) is 5.82 Å². The second-order valence-corrected chi connectivity index (χ2v) is 7.15. The molecule has 0 amide bonds. The van der Waals surface area contributed by atoms with Gasteiger partial charge < -0.3 is 9.42 Å². The molecule has 5 rings (SSSR count). The van der Waals surface area contributed by atoms with Gasteiger partial charge in [-0.15, -0.1) is 10.2 Å². The number of benzene rings is 1. The summed E-state index contributed by atoms with van der Waals surface area (Å²) < 4.78 is 20.7. The summed E-state index contributed by atoms with van der Waals surface area (Å²) in [6.07, 6.45) is 5.51. The smallest absolute Gasteiger partial charge is 0.167 e. The minimum absolute atomic E-state index is 0.252. The van der Waals surface area contributed by atoms with Crippen molar-refractivity contribution in [2.75, 3.05) is 18.0 Å². The number of hydrogen-bond donors (Lipinski definition) is 0. The van der Waals surface area contributed by atoms with Gasteiger partial charge in [0.2, 0.25) is 0 Å². The van der Waals surface area contributed by atoms with E-state index in [-0.39, 0.29) is 11.7 Å². The van der Waals surface area contributed by atoms with Crippen LogP contribution in [0.15, 0.2) is 47.2 Å². The number of piperidine rings is 1. The summed E-state index contributed by atoms with van der Waals surface area (Å²) in [5.41, 5.74) is 3.25. The molecule has 0 aliphatic carbocycles. The lowest BCUT2D eigenvalue weighted by Gasteiger charge is -2.31. The standard InChI is InChI=1S/C20H19FN6O/c1-26-12-14(11-22-26)17-3-5-19(24-23-17)27-8-6-13(7-9-27)20-16-10-15(21)2-4-18(16)28-25-20/h2-5,10-13H,6-9H2,1H3. The van der Waals surface area contributed by atoms with Crippen LogP contribution in [0.1, 0.15) is 24.5 Å². The monoisotopic (exact) mass is 378 g/mol. The highest BCUT2D eigenvalue weighted by molar-refractivity contribution is 5.80. The van der Waals surface area contributed by atoms with Crippen LogP contribution in [0.5, 0.6) is 0 Å². The molecule has 0 bridgehead atoms. The van der Waals surface area contributed by atoms with Crippen molar-refractivity contribution in [1.29, 1.82) is 0 Å². The zero-order valence-electron chi connectivity index (χ0n) is 15.4. The van der Waals surface area contributed by atoms with Crippen LogP contribution >= 0.6 is 0 Å². The van der Waals surface area contributed by atoms with Crippen molar-refractivity contribution in [3.8, 4) is 11.3 Å². The lowest BCUT2D eigenvalue weighted by Crippen LogP contribution is -2.33. The van der Waals surface area contributed by atoms with Crippen LogP contribution in [0.3, 0.4) is 0 Å². The van der Waals surface area contributed by atoms with E-state index in [4.69, 9.17) is 4.52 Å². The third kappa shape index (κ3) is 3.00. The highest BCUT2D eigenvalue weighted by Gasteiger charge is 2.26. The molecule has 142 valence electrons. The number of halogens is 1. The first-order valence-electron chi connectivity index (χ1n) is 9.30. The van der Waals surface area contributed by atoms with Crippen molar-refractivity contribution in [2.45, 2.75) is 18.8 Å². The molecule has 0 N–H and O–H groups in total. The molecular formula is C20H19FN6O. The van der Waals surface area contributed by atoms with Crippen molar-refractivity contribution in [1.82, 2.24) is 25.1 Å². The predicted molar refractivity (Wildman–Crippen MR) is 102 cm³/mol. The van der Waals surface area contributed by atoms with Gasteiger partial charge in [0.15, 0.2) is 11.4 Å². The Labute approximate surface area is 160 Å². The molecule has 0 spiro atoms. The largest absolute Gasteiger partial charge is 0.356 e. The summed E-state index contributed by atoms with van der Waals surface area (Å²) >= 11 is 0. The Kier molecular flexibility index (Phi) is 4.03. The van der Waals surface area contributed by atoms with E-state index >= 15 is 0 Å². The Morgan fingerprint density at radius 1 is 1.11 bits per heavy atom. The molecule has 4 heterocycles. The van der Waals surface area contributed by atoms with Crippen LogP contribution in [-0.4, -0.2) is 38.2 Å². The number of rotatable bonds is 3. The maximum Gasteiger partial charge on any atom is 0.167 e. The van der Waals surface area contributed by atoms with E-state index in [2.05, 4.69) is 25.4 Å². The van der Waals surface area contributed by atoms with Gasteiger partial charge in [-0.3, -0.25) is 4.68 Å². The summed E-state index contributed by atoms with van der Waals surface area (Å²) in [6.45, 7) is 1.69. The normalized spacial score (nSPS) is 15.4. The number of nitrogens with zero attached hydrogens (tertiary/aromatic N) is 6. The van der Waals surface area contributed by atoms with E-state index in [0.717, 1.165) is 54.1 Å². The number of aromatic nitrogens is 5. The zero-order valence-corrected chi connectivity index (χ0v) is 15.4. The topological polar surface area (TPSA) is 72.9 Å². The van der Waals surface area contributed by atoms with Gasteiger partial charge in [0.25, 0.3) is 0 Å². The molecule has 1 aromatic carbocycles. The lowest BCUT2D eigenvalue weighted by molar-refractivity contribution is 0.416. The van der Waals surface area contributed by atoms with E-state index < -0.39 is 0 Å². The van der Waals surface area contributed by atoms with Gasteiger partial charge in [-0.05, 0) is 43.2 Å². The Morgan fingerprint density at radius 3 is 2.68 bits per heavy atom. The first kappa shape index (κ1) is 16.9. The van der Waals surface area contributed by atoms with Crippen molar-refractivity contribution in [3.63, 3.8) is 0 Å². The van der Waals surface area contributed by atoms with Crippen LogP contribution in [0.2, 0.25) is 0 Å². The van der Waals surface area contributed by atoms with Crippen LogP contribution in [0.25, 0.3) is 22.2 Å². The molecule has 3 aromatic heterocycles. The molecule has 1 aliphatic heterocycles. The van der Waals surface area contributed by atoms with Crippen molar-refractivity contribution >= 4 is 16.8 Å². The van der Waals surface area contributed by atoms with Crippen LogP contribution in [0.4, 0.5) is 10.2 Å². The summed E-state index contributed by atoms with van der Waals surface area (Å²) in [4.78, 5) is 2.22. The average molecular weight is 378 g/mol. The average Bonchev–Trinajstić information content (AvgIpc) is 3.34. The Balaban J connectivity index is 1.29. The highest BCUT2D eigenvalue weighted by atomic mass is 19.1. The van der Waals surface area contributed by atoms with Gasteiger partial charge in [-0.25, -0.2) is 4.39 Å². The van der Waals surface area contributed by atoms with E-state index in [1.165, 1.54) is 12.1 Å². The van der Waals surface area contributed by atoms with Crippen molar-refractivity contribution in [2.24, 2.45) is 7.05 Å². The number of fused-ring (bicyclic) bond motifs is 1. The fourth-order valence-corrected chi connectivity index (χ4v) is 3.81. The van der Waals surface area contributed by atoms with Crippen molar-refractivity contribution in [3.05, 3.63) is 54.2 Å².